The van der Waals surface area contributed by atoms with Crippen molar-refractivity contribution in [2.75, 3.05) is 24.4 Å². The Labute approximate surface area is 161 Å². The number of carbonyl (C=O) groups excluding carboxylic acids is 1. The number of benzene rings is 2. The highest BCUT2D eigenvalue weighted by Crippen LogP contribution is 2.22. The van der Waals surface area contributed by atoms with Crippen molar-refractivity contribution in [3.8, 4) is 5.75 Å². The van der Waals surface area contributed by atoms with E-state index in [2.05, 4.69) is 20.7 Å². The number of nitrogens with zero attached hydrogens (tertiary/aromatic N) is 1. The third-order valence-corrected chi connectivity index (χ3v) is 5.96. The van der Waals surface area contributed by atoms with Gasteiger partial charge in [-0.25, -0.2) is 8.42 Å². The number of sulfonamides is 1. The fourth-order valence-corrected chi connectivity index (χ4v) is 3.99. The second-order valence-electron chi connectivity index (χ2n) is 5.96. The summed E-state index contributed by atoms with van der Waals surface area (Å²) in [6, 6.07) is 12.9. The van der Waals surface area contributed by atoms with Gasteiger partial charge in [-0.3, -0.25) is 9.52 Å². The van der Waals surface area contributed by atoms with E-state index in [4.69, 9.17) is 4.74 Å². The van der Waals surface area contributed by atoms with Crippen LogP contribution in [0.3, 0.4) is 0 Å². The van der Waals surface area contributed by atoms with E-state index in [1.165, 1.54) is 12.1 Å². The molecule has 0 saturated carbocycles. The monoisotopic (exact) mass is 438 g/mol. The molecule has 26 heavy (non-hydrogen) atoms. The maximum atomic E-state index is 12.4. The van der Waals surface area contributed by atoms with Gasteiger partial charge in [-0.05, 0) is 49.2 Å². The minimum Gasteiger partial charge on any atom is -0.484 e. The first-order valence-corrected chi connectivity index (χ1v) is 10.5. The highest BCUT2D eigenvalue weighted by Gasteiger charge is 2.18. The molecule has 6 nitrogen and oxygen atoms in total. The molecule has 1 heterocycles. The number of amides is 1. The standard InChI is InChI=1S/C18H19BrN2O4S/c19-14-6-8-17(9-7-14)26(23,24)20-15-4-3-5-16(12-15)25-13-18(22)21-10-1-2-11-21/h3-9,12,20H,1-2,10-11,13H2. The number of carbonyl (C=O) groups is 1. The van der Waals surface area contributed by atoms with Gasteiger partial charge in [0.05, 0.1) is 10.6 Å². The lowest BCUT2D eigenvalue weighted by Crippen LogP contribution is -2.32. The fourth-order valence-electron chi connectivity index (χ4n) is 2.68. The van der Waals surface area contributed by atoms with Crippen LogP contribution in [0.2, 0.25) is 0 Å². The van der Waals surface area contributed by atoms with Gasteiger partial charge in [0.1, 0.15) is 5.75 Å². The Balaban J connectivity index is 1.65. The van der Waals surface area contributed by atoms with E-state index < -0.39 is 10.0 Å². The fraction of sp³-hybridized carbons (Fsp3) is 0.278. The number of rotatable bonds is 6. The molecule has 1 saturated heterocycles. The van der Waals surface area contributed by atoms with Crippen molar-refractivity contribution in [3.63, 3.8) is 0 Å². The van der Waals surface area contributed by atoms with Crippen LogP contribution in [0.15, 0.2) is 57.9 Å². The van der Waals surface area contributed by atoms with Crippen LogP contribution in [-0.2, 0) is 14.8 Å². The molecule has 1 amide bonds. The molecule has 8 heteroatoms. The lowest BCUT2D eigenvalue weighted by molar-refractivity contribution is -0.132. The quantitative estimate of drug-likeness (QED) is 0.750. The molecule has 3 rings (SSSR count). The zero-order valence-electron chi connectivity index (χ0n) is 14.0. The van der Waals surface area contributed by atoms with E-state index in [0.717, 1.165) is 30.4 Å². The minimum absolute atomic E-state index is 0.0525. The number of halogens is 1. The first kappa shape index (κ1) is 18.7. The molecule has 0 radical (unpaired) electrons. The highest BCUT2D eigenvalue weighted by molar-refractivity contribution is 9.10. The molecule has 0 bridgehead atoms. The topological polar surface area (TPSA) is 75.7 Å². The number of anilines is 1. The van der Waals surface area contributed by atoms with Crippen LogP contribution in [0.25, 0.3) is 0 Å². The Morgan fingerprint density at radius 3 is 2.50 bits per heavy atom. The average molecular weight is 439 g/mol. The van der Waals surface area contributed by atoms with Crippen molar-refractivity contribution >= 4 is 37.5 Å². The van der Waals surface area contributed by atoms with E-state index in [1.54, 1.807) is 41.3 Å². The summed E-state index contributed by atoms with van der Waals surface area (Å²) in [5.41, 5.74) is 0.374. The van der Waals surface area contributed by atoms with Gasteiger partial charge in [0.15, 0.2) is 6.61 Å². The Hall–Kier alpha value is -2.06. The van der Waals surface area contributed by atoms with E-state index in [9.17, 15) is 13.2 Å². The predicted molar refractivity (Wildman–Crippen MR) is 103 cm³/mol. The van der Waals surface area contributed by atoms with Gasteiger partial charge >= 0.3 is 0 Å². The van der Waals surface area contributed by atoms with Gasteiger partial charge in [0.2, 0.25) is 0 Å². The number of hydrogen-bond donors (Lipinski definition) is 1. The molecule has 0 aromatic heterocycles. The van der Waals surface area contributed by atoms with Gasteiger partial charge in [-0.15, -0.1) is 0 Å². The molecule has 1 aliphatic rings. The van der Waals surface area contributed by atoms with E-state index in [0.29, 0.717) is 11.4 Å². The zero-order valence-corrected chi connectivity index (χ0v) is 16.4. The summed E-state index contributed by atoms with van der Waals surface area (Å²) >= 11 is 3.28. The Morgan fingerprint density at radius 2 is 1.81 bits per heavy atom. The molecule has 0 atom stereocenters. The number of likely N-dealkylation sites (tertiary alicyclic amines) is 1. The number of nitrogens with one attached hydrogen (secondary N) is 1. The predicted octanol–water partition coefficient (Wildman–Crippen LogP) is 3.25. The molecule has 0 aliphatic carbocycles. The molecule has 0 spiro atoms. The summed E-state index contributed by atoms with van der Waals surface area (Å²) in [4.78, 5) is 14.0. The molecule has 1 fully saturated rings. The van der Waals surface area contributed by atoms with Crippen molar-refractivity contribution in [1.82, 2.24) is 4.90 Å². The average Bonchev–Trinajstić information content (AvgIpc) is 3.15. The third-order valence-electron chi connectivity index (χ3n) is 4.03. The van der Waals surface area contributed by atoms with Gasteiger partial charge in [0.25, 0.3) is 15.9 Å². The van der Waals surface area contributed by atoms with Crippen molar-refractivity contribution in [2.45, 2.75) is 17.7 Å². The smallest absolute Gasteiger partial charge is 0.261 e. The third kappa shape index (κ3) is 4.76. The number of ether oxygens (including phenoxy) is 1. The van der Waals surface area contributed by atoms with Gasteiger partial charge in [-0.2, -0.15) is 0 Å². The van der Waals surface area contributed by atoms with Crippen LogP contribution in [-0.4, -0.2) is 38.9 Å². The molecule has 0 unspecified atom stereocenters. The van der Waals surface area contributed by atoms with Crippen LogP contribution < -0.4 is 9.46 Å². The largest absolute Gasteiger partial charge is 0.484 e. The van der Waals surface area contributed by atoms with E-state index in [1.807, 2.05) is 0 Å². The van der Waals surface area contributed by atoms with Gasteiger partial charge < -0.3 is 9.64 Å². The zero-order chi connectivity index (χ0) is 18.6. The van der Waals surface area contributed by atoms with Crippen LogP contribution in [0.1, 0.15) is 12.8 Å². The van der Waals surface area contributed by atoms with E-state index >= 15 is 0 Å². The lowest BCUT2D eigenvalue weighted by atomic mass is 10.3. The summed E-state index contributed by atoms with van der Waals surface area (Å²) in [5.74, 6) is 0.386. The highest BCUT2D eigenvalue weighted by atomic mass is 79.9. The molecule has 2 aromatic rings. The summed E-state index contributed by atoms with van der Waals surface area (Å²) in [6.45, 7) is 1.49. The first-order chi connectivity index (χ1) is 12.4. The van der Waals surface area contributed by atoms with E-state index in [-0.39, 0.29) is 17.4 Å². The second-order valence-corrected chi connectivity index (χ2v) is 8.56. The van der Waals surface area contributed by atoms with Crippen LogP contribution in [0.4, 0.5) is 5.69 Å². The normalized spacial score (nSPS) is 14.3. The van der Waals surface area contributed by atoms with Crippen molar-refractivity contribution < 1.29 is 17.9 Å². The van der Waals surface area contributed by atoms with Crippen LogP contribution >= 0.6 is 15.9 Å². The molecule has 2 aromatic carbocycles. The summed E-state index contributed by atoms with van der Waals surface area (Å²) in [6.07, 6.45) is 2.05. The van der Waals surface area contributed by atoms with Crippen molar-refractivity contribution in [1.29, 1.82) is 0 Å². The van der Waals surface area contributed by atoms with Crippen molar-refractivity contribution in [2.24, 2.45) is 0 Å². The van der Waals surface area contributed by atoms with Crippen molar-refractivity contribution in [3.05, 3.63) is 53.0 Å². The maximum Gasteiger partial charge on any atom is 0.261 e. The maximum absolute atomic E-state index is 12.4. The Morgan fingerprint density at radius 1 is 1.12 bits per heavy atom. The molecule has 138 valence electrons. The van der Waals surface area contributed by atoms with Gasteiger partial charge in [-0.1, -0.05) is 22.0 Å². The Bertz CT molecular complexity index is 878. The van der Waals surface area contributed by atoms with Crippen LogP contribution in [0, 0.1) is 0 Å². The summed E-state index contributed by atoms with van der Waals surface area (Å²) in [7, 11) is -3.69. The lowest BCUT2D eigenvalue weighted by Gasteiger charge is -2.16. The molecule has 1 N–H and O–H groups in total. The molecular weight excluding hydrogens is 420 g/mol. The SMILES string of the molecule is O=C(COc1cccc(NS(=O)(=O)c2ccc(Br)cc2)c1)N1CCCC1. The summed E-state index contributed by atoms with van der Waals surface area (Å²) in [5, 5.41) is 0. The first-order valence-electron chi connectivity index (χ1n) is 8.23. The number of hydrogen-bond acceptors (Lipinski definition) is 4. The molecular formula is C18H19BrN2O4S. The molecule has 1 aliphatic heterocycles. The minimum atomic E-state index is -3.69. The van der Waals surface area contributed by atoms with Crippen LogP contribution in [0.5, 0.6) is 5.75 Å². The Kier molecular flexibility index (Phi) is 5.83. The van der Waals surface area contributed by atoms with Gasteiger partial charge in [0, 0.05) is 23.6 Å². The second kappa shape index (κ2) is 8.09. The summed E-state index contributed by atoms with van der Waals surface area (Å²) < 4.78 is 33.7.